The molecule has 1 aromatic rings. The largest absolute Gasteiger partial charge is 0.483 e. The first-order chi connectivity index (χ1) is 14.9. The van der Waals surface area contributed by atoms with E-state index in [2.05, 4.69) is 15.6 Å². The Balaban J connectivity index is 1.27. The van der Waals surface area contributed by atoms with Gasteiger partial charge in [0.15, 0.2) is 6.10 Å². The standard InChI is InChI=1S/C22H32N4O5/c1-13(2)21(27)26-9-5-6-15(10-26)24-22(28)25-16-11-29-20-18(12-30-19(16)20)31-17-7-4-8-23-14(17)3/h4,7-8,13,15-16,18-20H,5-6,9-12H2,1-3H3,(H2,24,25,28)/t15?,16-,18-,19+,20+/m0/s1. The lowest BCUT2D eigenvalue weighted by Crippen LogP contribution is -2.55. The molecular formula is C22H32N4O5. The second-order valence-electron chi connectivity index (χ2n) is 8.84. The van der Waals surface area contributed by atoms with E-state index in [9.17, 15) is 9.59 Å². The fraction of sp³-hybridized carbons (Fsp3) is 0.682. The van der Waals surface area contributed by atoms with Gasteiger partial charge in [0.25, 0.3) is 0 Å². The number of likely N-dealkylation sites (tertiary alicyclic amines) is 1. The smallest absolute Gasteiger partial charge is 0.315 e. The van der Waals surface area contributed by atoms with Crippen LogP contribution >= 0.6 is 0 Å². The van der Waals surface area contributed by atoms with Crippen molar-refractivity contribution in [1.82, 2.24) is 20.5 Å². The highest BCUT2D eigenvalue weighted by Gasteiger charge is 2.49. The van der Waals surface area contributed by atoms with Gasteiger partial charge in [0.05, 0.1) is 24.9 Å². The number of hydrogen-bond acceptors (Lipinski definition) is 6. The summed E-state index contributed by atoms with van der Waals surface area (Å²) in [6.07, 6.45) is 2.75. The molecular weight excluding hydrogens is 400 g/mol. The molecule has 9 heteroatoms. The maximum Gasteiger partial charge on any atom is 0.315 e. The second kappa shape index (κ2) is 9.40. The van der Waals surface area contributed by atoms with E-state index in [1.54, 1.807) is 6.20 Å². The predicted octanol–water partition coefficient (Wildman–Crippen LogP) is 1.25. The lowest BCUT2D eigenvalue weighted by Gasteiger charge is -2.34. The van der Waals surface area contributed by atoms with Gasteiger partial charge in [0, 0.05) is 31.2 Å². The number of rotatable bonds is 5. The summed E-state index contributed by atoms with van der Waals surface area (Å²) in [5.74, 6) is 0.811. The van der Waals surface area contributed by atoms with Gasteiger partial charge >= 0.3 is 6.03 Å². The second-order valence-corrected chi connectivity index (χ2v) is 8.84. The van der Waals surface area contributed by atoms with Crippen LogP contribution in [0.1, 0.15) is 32.4 Å². The van der Waals surface area contributed by atoms with Crippen molar-refractivity contribution in [3.63, 3.8) is 0 Å². The summed E-state index contributed by atoms with van der Waals surface area (Å²) in [4.78, 5) is 31.0. The maximum absolute atomic E-state index is 12.6. The number of ether oxygens (including phenoxy) is 3. The molecule has 1 aromatic heterocycles. The van der Waals surface area contributed by atoms with Gasteiger partial charge in [-0.3, -0.25) is 9.78 Å². The third kappa shape index (κ3) is 4.93. The van der Waals surface area contributed by atoms with Crippen molar-refractivity contribution >= 4 is 11.9 Å². The minimum atomic E-state index is -0.255. The van der Waals surface area contributed by atoms with Gasteiger partial charge in [0.2, 0.25) is 5.91 Å². The maximum atomic E-state index is 12.6. The van der Waals surface area contributed by atoms with Crippen LogP contribution in [0.25, 0.3) is 0 Å². The Morgan fingerprint density at radius 1 is 1.23 bits per heavy atom. The van der Waals surface area contributed by atoms with Crippen molar-refractivity contribution in [2.75, 3.05) is 26.3 Å². The quantitative estimate of drug-likeness (QED) is 0.726. The molecule has 3 fully saturated rings. The molecule has 0 bridgehead atoms. The van der Waals surface area contributed by atoms with Crippen LogP contribution in [0, 0.1) is 12.8 Å². The summed E-state index contributed by atoms with van der Waals surface area (Å²) in [6, 6.07) is 3.16. The topological polar surface area (TPSA) is 102 Å². The molecule has 3 saturated heterocycles. The molecule has 0 spiro atoms. The number of pyridine rings is 1. The molecule has 2 N–H and O–H groups in total. The number of urea groups is 1. The number of aryl methyl sites for hydroxylation is 1. The van der Waals surface area contributed by atoms with Crippen molar-refractivity contribution < 1.29 is 23.8 Å². The molecule has 1 unspecified atom stereocenters. The zero-order valence-corrected chi connectivity index (χ0v) is 18.4. The molecule has 4 heterocycles. The number of piperidine rings is 1. The Kier molecular flexibility index (Phi) is 6.62. The van der Waals surface area contributed by atoms with Gasteiger partial charge in [-0.05, 0) is 31.9 Å². The Labute approximate surface area is 182 Å². The third-order valence-electron chi connectivity index (χ3n) is 6.12. The van der Waals surface area contributed by atoms with Gasteiger partial charge in [0.1, 0.15) is 18.0 Å². The number of fused-ring (bicyclic) bond motifs is 1. The van der Waals surface area contributed by atoms with E-state index in [0.29, 0.717) is 25.5 Å². The number of aromatic nitrogens is 1. The van der Waals surface area contributed by atoms with Gasteiger partial charge in [-0.1, -0.05) is 13.8 Å². The van der Waals surface area contributed by atoms with Crippen molar-refractivity contribution in [1.29, 1.82) is 0 Å². The molecule has 170 valence electrons. The minimum absolute atomic E-state index is 0.0368. The van der Waals surface area contributed by atoms with Crippen molar-refractivity contribution in [2.45, 2.75) is 64.0 Å². The molecule has 0 aliphatic carbocycles. The average molecular weight is 433 g/mol. The SMILES string of the molecule is Cc1ncccc1O[C@H]1CO[C@H]2[C@@H]1OC[C@@H]2NC(=O)NC1CCCN(C(=O)C(C)C)C1. The summed E-state index contributed by atoms with van der Waals surface area (Å²) in [5.41, 5.74) is 0.815. The van der Waals surface area contributed by atoms with Crippen molar-refractivity contribution in [3.05, 3.63) is 24.0 Å². The van der Waals surface area contributed by atoms with Crippen molar-refractivity contribution in [3.8, 4) is 5.75 Å². The number of hydrogen-bond donors (Lipinski definition) is 2. The summed E-state index contributed by atoms with van der Waals surface area (Å²) in [7, 11) is 0. The monoisotopic (exact) mass is 432 g/mol. The summed E-state index contributed by atoms with van der Waals surface area (Å²) in [5, 5.41) is 6.00. The normalized spacial score (nSPS) is 30.2. The molecule has 0 aromatic carbocycles. The molecule has 5 atom stereocenters. The van der Waals surface area contributed by atoms with E-state index < -0.39 is 0 Å². The molecule has 0 saturated carbocycles. The fourth-order valence-corrected chi connectivity index (χ4v) is 4.50. The summed E-state index contributed by atoms with van der Waals surface area (Å²) >= 11 is 0. The van der Waals surface area contributed by atoms with Crippen LogP contribution in [0.2, 0.25) is 0 Å². The minimum Gasteiger partial charge on any atom is -0.483 e. The Morgan fingerprint density at radius 2 is 2.03 bits per heavy atom. The molecule has 9 nitrogen and oxygen atoms in total. The Bertz CT molecular complexity index is 804. The van der Waals surface area contributed by atoms with Crippen LogP contribution in [0.4, 0.5) is 4.79 Å². The van der Waals surface area contributed by atoms with E-state index in [-0.39, 0.29) is 48.3 Å². The highest BCUT2D eigenvalue weighted by molar-refractivity contribution is 5.78. The highest BCUT2D eigenvalue weighted by atomic mass is 16.6. The lowest BCUT2D eigenvalue weighted by molar-refractivity contribution is -0.135. The molecule has 4 rings (SSSR count). The number of nitrogens with one attached hydrogen (secondary N) is 2. The molecule has 3 amide bonds. The molecule has 3 aliphatic heterocycles. The molecule has 0 radical (unpaired) electrons. The van der Waals surface area contributed by atoms with Crippen LogP contribution in [-0.2, 0) is 14.3 Å². The van der Waals surface area contributed by atoms with Crippen LogP contribution in [-0.4, -0.2) is 78.5 Å². The molecule has 3 aliphatic rings. The van der Waals surface area contributed by atoms with Gasteiger partial charge in [-0.15, -0.1) is 0 Å². The summed E-state index contributed by atoms with van der Waals surface area (Å²) < 4.78 is 17.9. The third-order valence-corrected chi connectivity index (χ3v) is 6.12. The number of amides is 3. The Hall–Kier alpha value is -2.39. The van der Waals surface area contributed by atoms with Crippen LogP contribution in [0.5, 0.6) is 5.75 Å². The summed E-state index contributed by atoms with van der Waals surface area (Å²) in [6.45, 7) is 7.77. The average Bonchev–Trinajstić information content (AvgIpc) is 3.32. The van der Waals surface area contributed by atoms with Gasteiger partial charge in [-0.2, -0.15) is 0 Å². The number of carbonyl (C=O) groups is 2. The first kappa shape index (κ1) is 21.8. The Morgan fingerprint density at radius 3 is 2.81 bits per heavy atom. The van der Waals surface area contributed by atoms with Crippen LogP contribution in [0.15, 0.2) is 18.3 Å². The van der Waals surface area contributed by atoms with E-state index in [0.717, 1.165) is 25.1 Å². The fourth-order valence-electron chi connectivity index (χ4n) is 4.50. The van der Waals surface area contributed by atoms with Crippen molar-refractivity contribution in [2.24, 2.45) is 5.92 Å². The lowest BCUT2D eigenvalue weighted by atomic mass is 10.0. The number of carbonyl (C=O) groups excluding carboxylic acids is 2. The highest BCUT2D eigenvalue weighted by Crippen LogP contribution is 2.30. The van der Waals surface area contributed by atoms with E-state index in [4.69, 9.17) is 14.2 Å². The first-order valence-corrected chi connectivity index (χ1v) is 11.1. The number of nitrogens with zero attached hydrogens (tertiary/aromatic N) is 2. The molecule has 31 heavy (non-hydrogen) atoms. The van der Waals surface area contributed by atoms with Gasteiger partial charge in [-0.25, -0.2) is 4.79 Å². The van der Waals surface area contributed by atoms with Crippen LogP contribution < -0.4 is 15.4 Å². The zero-order chi connectivity index (χ0) is 22.0. The van der Waals surface area contributed by atoms with E-state index in [1.165, 1.54) is 0 Å². The zero-order valence-electron chi connectivity index (χ0n) is 18.4. The first-order valence-electron chi connectivity index (χ1n) is 11.1. The van der Waals surface area contributed by atoms with E-state index >= 15 is 0 Å². The van der Waals surface area contributed by atoms with Gasteiger partial charge < -0.3 is 29.7 Å². The predicted molar refractivity (Wildman–Crippen MR) is 113 cm³/mol. The van der Waals surface area contributed by atoms with Crippen LogP contribution in [0.3, 0.4) is 0 Å². The van der Waals surface area contributed by atoms with E-state index in [1.807, 2.05) is 37.8 Å².